The first kappa shape index (κ1) is 16.2. The predicted octanol–water partition coefficient (Wildman–Crippen LogP) is 1.36. The lowest BCUT2D eigenvalue weighted by molar-refractivity contribution is -0.394. The summed E-state index contributed by atoms with van der Waals surface area (Å²) in [6.07, 6.45) is 0. The topological polar surface area (TPSA) is 115 Å². The molecule has 1 aromatic rings. The van der Waals surface area contributed by atoms with Gasteiger partial charge in [-0.15, -0.1) is 0 Å². The minimum atomic E-state index is -0.895. The maximum absolute atomic E-state index is 11.2. The molecule has 0 bridgehead atoms. The minimum Gasteiger partial charge on any atom is -0.311 e. The van der Waals surface area contributed by atoms with Crippen LogP contribution in [0, 0.1) is 20.2 Å². The number of benzene rings is 1. The lowest BCUT2D eigenvalue weighted by atomic mass is 10.1. The second-order valence-electron chi connectivity index (χ2n) is 3.94. The van der Waals surface area contributed by atoms with E-state index >= 15 is 0 Å². The van der Waals surface area contributed by atoms with Gasteiger partial charge < -0.3 is 5.32 Å². The average Bonchev–Trinajstić information content (AvgIpc) is 2.42. The van der Waals surface area contributed by atoms with Gasteiger partial charge in [0.15, 0.2) is 0 Å². The zero-order valence-corrected chi connectivity index (χ0v) is 11.7. The largest absolute Gasteiger partial charge is 0.311 e. The summed E-state index contributed by atoms with van der Waals surface area (Å²) in [5.74, 6) is 1.04. The normalized spacial score (nSPS) is 12.1. The van der Waals surface area contributed by atoms with E-state index in [1.54, 1.807) is 0 Å². The molecule has 0 amide bonds. The fraction of sp³-hybridized carbons (Fsp3) is 0.455. The van der Waals surface area contributed by atoms with Crippen molar-refractivity contribution in [2.24, 2.45) is 0 Å². The van der Waals surface area contributed by atoms with Crippen molar-refractivity contribution in [1.82, 2.24) is 5.32 Å². The molecular weight excluding hydrogens is 286 g/mol. The van der Waals surface area contributed by atoms with E-state index in [0.717, 1.165) is 6.07 Å². The molecule has 0 saturated carbocycles. The molecule has 0 aromatic heterocycles. The van der Waals surface area contributed by atoms with Gasteiger partial charge in [-0.1, -0.05) is 6.92 Å². The van der Waals surface area contributed by atoms with Gasteiger partial charge >= 0.3 is 0 Å². The Balaban J connectivity index is 2.72. The quantitative estimate of drug-likeness (QED) is 0.440. The van der Waals surface area contributed by atoms with Gasteiger partial charge in [0, 0.05) is 47.0 Å². The monoisotopic (exact) mass is 301 g/mol. The Morgan fingerprint density at radius 3 is 2.50 bits per heavy atom. The number of nitrogens with zero attached hydrogens (tertiary/aromatic N) is 2. The molecule has 0 fully saturated rings. The molecule has 1 rings (SSSR count). The van der Waals surface area contributed by atoms with Crippen molar-refractivity contribution in [1.29, 1.82) is 0 Å². The Hall–Kier alpha value is -1.87. The number of nitrogens with one attached hydrogen (secondary N) is 1. The van der Waals surface area contributed by atoms with Crippen LogP contribution in [0.15, 0.2) is 18.2 Å². The van der Waals surface area contributed by atoms with Gasteiger partial charge in [-0.05, 0) is 6.07 Å². The SMILES string of the molecule is CCS(=O)CCNCc1ccc([N+](=O)[O-])cc1[N+](=O)[O-]. The molecule has 0 heterocycles. The fourth-order valence-corrected chi connectivity index (χ4v) is 2.20. The van der Waals surface area contributed by atoms with E-state index in [0.29, 0.717) is 23.6 Å². The first-order chi connectivity index (χ1) is 9.45. The summed E-state index contributed by atoms with van der Waals surface area (Å²) in [6.45, 7) is 2.49. The smallest absolute Gasteiger partial charge is 0.280 e. The second-order valence-corrected chi connectivity index (χ2v) is 5.80. The molecule has 110 valence electrons. The number of rotatable bonds is 8. The van der Waals surface area contributed by atoms with Gasteiger partial charge in [-0.25, -0.2) is 0 Å². The van der Waals surface area contributed by atoms with E-state index in [9.17, 15) is 24.4 Å². The molecule has 1 unspecified atom stereocenters. The molecule has 0 aliphatic carbocycles. The zero-order chi connectivity index (χ0) is 15.1. The van der Waals surface area contributed by atoms with Gasteiger partial charge in [0.05, 0.1) is 15.9 Å². The van der Waals surface area contributed by atoms with Crippen molar-refractivity contribution in [2.45, 2.75) is 13.5 Å². The van der Waals surface area contributed by atoms with Gasteiger partial charge in [-0.3, -0.25) is 24.4 Å². The number of nitro groups is 2. The van der Waals surface area contributed by atoms with Gasteiger partial charge in [0.1, 0.15) is 0 Å². The lowest BCUT2D eigenvalue weighted by Gasteiger charge is -2.05. The lowest BCUT2D eigenvalue weighted by Crippen LogP contribution is -2.21. The summed E-state index contributed by atoms with van der Waals surface area (Å²) in [6, 6.07) is 3.54. The number of hydrogen-bond donors (Lipinski definition) is 1. The molecule has 0 saturated heterocycles. The van der Waals surface area contributed by atoms with Crippen molar-refractivity contribution >= 4 is 22.2 Å². The van der Waals surface area contributed by atoms with E-state index in [4.69, 9.17) is 0 Å². The van der Waals surface area contributed by atoms with E-state index < -0.39 is 20.6 Å². The number of nitro benzene ring substituents is 2. The van der Waals surface area contributed by atoms with Crippen LogP contribution in [0.5, 0.6) is 0 Å². The molecule has 0 aliphatic heterocycles. The van der Waals surface area contributed by atoms with Crippen molar-refractivity contribution in [3.05, 3.63) is 44.0 Å². The van der Waals surface area contributed by atoms with E-state index in [-0.39, 0.29) is 17.9 Å². The zero-order valence-electron chi connectivity index (χ0n) is 10.9. The second kappa shape index (κ2) is 7.65. The van der Waals surface area contributed by atoms with Crippen LogP contribution in [-0.2, 0) is 17.3 Å². The maximum Gasteiger partial charge on any atom is 0.280 e. The molecule has 0 aliphatic rings. The summed E-state index contributed by atoms with van der Waals surface area (Å²) in [5.41, 5.74) is -0.237. The molecule has 9 heteroatoms. The van der Waals surface area contributed by atoms with Crippen LogP contribution >= 0.6 is 0 Å². The molecule has 0 spiro atoms. The van der Waals surface area contributed by atoms with Gasteiger partial charge in [-0.2, -0.15) is 0 Å². The van der Waals surface area contributed by atoms with E-state index in [1.165, 1.54) is 12.1 Å². The summed E-state index contributed by atoms with van der Waals surface area (Å²) in [4.78, 5) is 20.2. The Morgan fingerprint density at radius 2 is 1.95 bits per heavy atom. The third-order valence-corrected chi connectivity index (χ3v) is 3.92. The van der Waals surface area contributed by atoms with Crippen LogP contribution in [-0.4, -0.2) is 32.1 Å². The first-order valence-electron chi connectivity index (χ1n) is 5.93. The summed E-state index contributed by atoms with van der Waals surface area (Å²) in [5, 5.41) is 24.4. The molecule has 1 N–H and O–H groups in total. The van der Waals surface area contributed by atoms with Crippen LogP contribution < -0.4 is 5.32 Å². The molecule has 1 atom stereocenters. The molecule has 0 radical (unpaired) electrons. The summed E-state index contributed by atoms with van der Waals surface area (Å²) in [7, 11) is -0.895. The molecule has 8 nitrogen and oxygen atoms in total. The highest BCUT2D eigenvalue weighted by atomic mass is 32.2. The van der Waals surface area contributed by atoms with E-state index in [2.05, 4.69) is 5.32 Å². The number of hydrogen-bond acceptors (Lipinski definition) is 6. The van der Waals surface area contributed by atoms with Crippen molar-refractivity contribution < 1.29 is 14.1 Å². The highest BCUT2D eigenvalue weighted by Crippen LogP contribution is 2.24. The standard InChI is InChI=1S/C11H15N3O5S/c1-2-20(19)6-5-12-8-9-3-4-10(13(15)16)7-11(9)14(17)18/h3-4,7,12H,2,5-6,8H2,1H3. The minimum absolute atomic E-state index is 0.204. The van der Waals surface area contributed by atoms with Crippen molar-refractivity contribution in [3.8, 4) is 0 Å². The molecule has 1 aromatic carbocycles. The summed E-state index contributed by atoms with van der Waals surface area (Å²) < 4.78 is 11.2. The third kappa shape index (κ3) is 4.67. The Kier molecular flexibility index (Phi) is 6.19. The van der Waals surface area contributed by atoms with Crippen molar-refractivity contribution in [3.63, 3.8) is 0 Å². The van der Waals surface area contributed by atoms with Crippen LogP contribution in [0.25, 0.3) is 0 Å². The average molecular weight is 301 g/mol. The van der Waals surface area contributed by atoms with Crippen LogP contribution in [0.1, 0.15) is 12.5 Å². The molecular formula is C11H15N3O5S. The van der Waals surface area contributed by atoms with Crippen LogP contribution in [0.3, 0.4) is 0 Å². The fourth-order valence-electron chi connectivity index (χ4n) is 1.54. The van der Waals surface area contributed by atoms with Crippen molar-refractivity contribution in [2.75, 3.05) is 18.1 Å². The highest BCUT2D eigenvalue weighted by molar-refractivity contribution is 7.84. The number of non-ortho nitro benzene ring substituents is 1. The Morgan fingerprint density at radius 1 is 1.25 bits per heavy atom. The van der Waals surface area contributed by atoms with Gasteiger partial charge in [0.25, 0.3) is 11.4 Å². The first-order valence-corrected chi connectivity index (χ1v) is 7.42. The van der Waals surface area contributed by atoms with E-state index in [1.807, 2.05) is 6.92 Å². The van der Waals surface area contributed by atoms with Gasteiger partial charge in [0.2, 0.25) is 0 Å². The summed E-state index contributed by atoms with van der Waals surface area (Å²) >= 11 is 0. The Bertz CT molecular complexity index is 535. The third-order valence-electron chi connectivity index (χ3n) is 2.62. The van der Waals surface area contributed by atoms with Crippen LogP contribution in [0.2, 0.25) is 0 Å². The van der Waals surface area contributed by atoms with Crippen LogP contribution in [0.4, 0.5) is 11.4 Å². The molecule has 20 heavy (non-hydrogen) atoms. The highest BCUT2D eigenvalue weighted by Gasteiger charge is 2.18. The maximum atomic E-state index is 11.2. The predicted molar refractivity (Wildman–Crippen MR) is 75.0 cm³/mol. The Labute approximate surface area is 117 Å².